The van der Waals surface area contributed by atoms with E-state index in [1.54, 1.807) is 0 Å². The van der Waals surface area contributed by atoms with Crippen LogP contribution in [0.15, 0.2) is 12.2 Å². The topological polar surface area (TPSA) is 107 Å². The largest absolute Gasteiger partial charge is 0.393 e. The molecule has 0 radical (unpaired) electrons. The van der Waals surface area contributed by atoms with Crippen LogP contribution < -0.4 is 0 Å². The quantitative estimate of drug-likeness (QED) is 0.463. The first-order chi connectivity index (χ1) is 12.1. The van der Waals surface area contributed by atoms with Crippen molar-refractivity contribution in [3.8, 4) is 0 Å². The fourth-order valence-corrected chi connectivity index (χ4v) is 7.83. The minimum atomic E-state index is -1.30. The van der Waals surface area contributed by atoms with Crippen molar-refractivity contribution in [1.82, 2.24) is 0 Å². The molecule has 6 nitrogen and oxygen atoms in total. The zero-order valence-corrected chi connectivity index (χ0v) is 15.3. The Morgan fingerprint density at radius 2 is 1.85 bits per heavy atom. The van der Waals surface area contributed by atoms with Crippen molar-refractivity contribution in [1.29, 1.82) is 0 Å². The monoisotopic (exact) mass is 364 g/mol. The number of Topliss-reactive ketones (excluding diaryl/α,β-unsaturated/α-hetero) is 1. The van der Waals surface area contributed by atoms with Crippen LogP contribution in [0, 0.1) is 34.0 Å². The van der Waals surface area contributed by atoms with E-state index in [1.807, 2.05) is 0 Å². The van der Waals surface area contributed by atoms with E-state index in [-0.39, 0.29) is 23.5 Å². The predicted octanol–water partition coefficient (Wildman–Crippen LogP) is 0.374. The zero-order chi connectivity index (χ0) is 18.8. The Labute approximate surface area is 152 Å². The molecule has 2 heterocycles. The molecule has 0 aromatic rings. The minimum Gasteiger partial charge on any atom is -0.393 e. The summed E-state index contributed by atoms with van der Waals surface area (Å²) in [4.78, 5) is 13.3. The van der Waals surface area contributed by atoms with Gasteiger partial charge in [-0.1, -0.05) is 20.4 Å². The molecule has 1 unspecified atom stereocenters. The Bertz CT molecular complexity index is 696. The van der Waals surface area contributed by atoms with Gasteiger partial charge in [-0.3, -0.25) is 4.79 Å². The Balaban J connectivity index is 1.79. The molecule has 4 bridgehead atoms. The molecule has 2 saturated heterocycles. The fourth-order valence-electron chi connectivity index (χ4n) is 7.83. The highest BCUT2D eigenvalue weighted by atomic mass is 16.6. The second-order valence-corrected chi connectivity index (χ2v) is 9.93. The standard InChI is InChI=1S/C20H28O6/c1-8-9-6-10(21)14-19-11(18(2,3)5-4-12(19)22)7-13(26-17(19)25)20(14,15(8)23)16(9)24/h9-14,16-17,21-22,24-25H,1,4-7H2,2-3H3/t9-,10+,11+,12+,13?,14+,16-,17+,19+,20+/m0/s1. The molecule has 4 saturated carbocycles. The van der Waals surface area contributed by atoms with Crippen LogP contribution in [0.2, 0.25) is 0 Å². The van der Waals surface area contributed by atoms with E-state index in [4.69, 9.17) is 4.74 Å². The summed E-state index contributed by atoms with van der Waals surface area (Å²) in [6.45, 7) is 8.14. The molecule has 26 heavy (non-hydrogen) atoms. The number of aliphatic hydroxyl groups excluding tert-OH is 4. The van der Waals surface area contributed by atoms with Crippen molar-refractivity contribution in [3.05, 3.63) is 12.2 Å². The number of ether oxygens (including phenoxy) is 1. The number of hydrogen-bond acceptors (Lipinski definition) is 6. The average molecular weight is 364 g/mol. The highest BCUT2D eigenvalue weighted by molar-refractivity contribution is 6.04. The molecule has 0 aromatic heterocycles. The van der Waals surface area contributed by atoms with Crippen molar-refractivity contribution in [2.24, 2.45) is 34.0 Å². The number of rotatable bonds is 0. The summed E-state index contributed by atoms with van der Waals surface area (Å²) in [6.07, 6.45) is -2.67. The summed E-state index contributed by atoms with van der Waals surface area (Å²) in [7, 11) is 0. The van der Waals surface area contributed by atoms with Crippen molar-refractivity contribution in [3.63, 3.8) is 0 Å². The second-order valence-electron chi connectivity index (χ2n) is 9.93. The Hall–Kier alpha value is -0.790. The van der Waals surface area contributed by atoms with Gasteiger partial charge in [0.1, 0.15) is 0 Å². The lowest BCUT2D eigenvalue weighted by Crippen LogP contribution is -2.80. The van der Waals surface area contributed by atoms with Crippen LogP contribution >= 0.6 is 0 Å². The van der Waals surface area contributed by atoms with Gasteiger partial charge in [0, 0.05) is 11.8 Å². The Morgan fingerprint density at radius 1 is 1.15 bits per heavy atom. The van der Waals surface area contributed by atoms with Crippen LogP contribution in [0.4, 0.5) is 0 Å². The normalized spacial score (nSPS) is 59.9. The van der Waals surface area contributed by atoms with Gasteiger partial charge in [-0.15, -0.1) is 0 Å². The van der Waals surface area contributed by atoms with Crippen LogP contribution in [0.25, 0.3) is 0 Å². The first-order valence-corrected chi connectivity index (χ1v) is 9.72. The van der Waals surface area contributed by atoms with Gasteiger partial charge in [-0.2, -0.15) is 0 Å². The zero-order valence-electron chi connectivity index (χ0n) is 15.3. The lowest BCUT2D eigenvalue weighted by Gasteiger charge is -2.73. The van der Waals surface area contributed by atoms with Gasteiger partial charge in [-0.25, -0.2) is 0 Å². The molecule has 144 valence electrons. The van der Waals surface area contributed by atoms with E-state index in [9.17, 15) is 25.2 Å². The molecule has 0 aromatic carbocycles. The average Bonchev–Trinajstić information content (AvgIpc) is 2.70. The molecule has 4 N–H and O–H groups in total. The van der Waals surface area contributed by atoms with E-state index in [0.717, 1.165) is 6.42 Å². The third-order valence-corrected chi connectivity index (χ3v) is 8.83. The Kier molecular flexibility index (Phi) is 3.19. The number of carbonyl (C=O) groups is 1. The number of ketones is 1. The van der Waals surface area contributed by atoms with Gasteiger partial charge in [0.15, 0.2) is 12.1 Å². The van der Waals surface area contributed by atoms with Gasteiger partial charge in [-0.05, 0) is 42.6 Å². The number of carbonyl (C=O) groups excluding carboxylic acids is 1. The maximum atomic E-state index is 13.3. The molecule has 2 spiro atoms. The summed E-state index contributed by atoms with van der Waals surface area (Å²) < 4.78 is 5.90. The van der Waals surface area contributed by atoms with Crippen LogP contribution in [-0.4, -0.2) is 56.9 Å². The van der Waals surface area contributed by atoms with Crippen LogP contribution in [0.5, 0.6) is 0 Å². The van der Waals surface area contributed by atoms with Gasteiger partial charge in [0.2, 0.25) is 0 Å². The number of aliphatic hydroxyl groups is 4. The van der Waals surface area contributed by atoms with Gasteiger partial charge >= 0.3 is 0 Å². The third-order valence-electron chi connectivity index (χ3n) is 8.83. The van der Waals surface area contributed by atoms with Crippen molar-refractivity contribution < 1.29 is 30.0 Å². The molecule has 4 aliphatic carbocycles. The molecule has 6 rings (SSSR count). The highest BCUT2D eigenvalue weighted by Gasteiger charge is 2.83. The maximum absolute atomic E-state index is 13.3. The first-order valence-electron chi connectivity index (χ1n) is 9.72. The molecule has 10 atom stereocenters. The smallest absolute Gasteiger partial charge is 0.170 e. The predicted molar refractivity (Wildman–Crippen MR) is 90.6 cm³/mol. The SMILES string of the molecule is C=C1C(=O)[C@@]23C4C[C@@H]5C(C)(C)CC[C@@H](O)[C@@]5([C@H](O)O4)[C@H]2[C@H](O)C[C@@H]1[C@@H]3O. The first kappa shape index (κ1) is 17.3. The summed E-state index contributed by atoms with van der Waals surface area (Å²) in [5, 5.41) is 44.4. The van der Waals surface area contributed by atoms with Crippen molar-refractivity contribution in [2.75, 3.05) is 0 Å². The lowest BCUT2D eigenvalue weighted by atomic mass is 9.36. The van der Waals surface area contributed by atoms with E-state index < -0.39 is 53.4 Å². The summed E-state index contributed by atoms with van der Waals surface area (Å²) in [6, 6.07) is 0. The molecular weight excluding hydrogens is 336 g/mol. The van der Waals surface area contributed by atoms with Crippen LogP contribution in [0.3, 0.4) is 0 Å². The highest BCUT2D eigenvalue weighted by Crippen LogP contribution is 2.75. The maximum Gasteiger partial charge on any atom is 0.170 e. The summed E-state index contributed by atoms with van der Waals surface area (Å²) in [5.74, 6) is -1.54. The second kappa shape index (κ2) is 4.78. The third kappa shape index (κ3) is 1.51. The van der Waals surface area contributed by atoms with Gasteiger partial charge < -0.3 is 25.2 Å². The van der Waals surface area contributed by atoms with E-state index in [2.05, 4.69) is 20.4 Å². The van der Waals surface area contributed by atoms with Crippen LogP contribution in [0.1, 0.15) is 39.5 Å². The lowest BCUT2D eigenvalue weighted by molar-refractivity contribution is -0.411. The molecule has 0 amide bonds. The summed E-state index contributed by atoms with van der Waals surface area (Å²) >= 11 is 0. The number of fused-ring (bicyclic) bond motifs is 2. The Morgan fingerprint density at radius 3 is 2.54 bits per heavy atom. The summed E-state index contributed by atoms with van der Waals surface area (Å²) in [5.41, 5.74) is -2.27. The molecule has 6 heteroatoms. The molecule has 6 fully saturated rings. The van der Waals surface area contributed by atoms with Crippen molar-refractivity contribution >= 4 is 5.78 Å². The molecular formula is C20H28O6. The minimum absolute atomic E-state index is 0.0943. The van der Waals surface area contributed by atoms with Crippen molar-refractivity contribution in [2.45, 2.75) is 70.2 Å². The van der Waals surface area contributed by atoms with E-state index in [0.29, 0.717) is 18.4 Å². The molecule has 6 aliphatic rings. The van der Waals surface area contributed by atoms with Crippen LogP contribution in [-0.2, 0) is 9.53 Å². The van der Waals surface area contributed by atoms with Gasteiger partial charge in [0.05, 0.1) is 35.2 Å². The molecule has 2 aliphatic heterocycles. The van der Waals surface area contributed by atoms with E-state index >= 15 is 0 Å². The van der Waals surface area contributed by atoms with Gasteiger partial charge in [0.25, 0.3) is 0 Å². The van der Waals surface area contributed by atoms with E-state index in [1.165, 1.54) is 0 Å². The fraction of sp³-hybridized carbons (Fsp3) is 0.850. The number of hydrogen-bond donors (Lipinski definition) is 4.